The van der Waals surface area contributed by atoms with Gasteiger partial charge in [0.2, 0.25) is 0 Å². The maximum Gasteiger partial charge on any atom is 0.319 e. The first kappa shape index (κ1) is 18.6. The molecule has 0 saturated carbocycles. The highest BCUT2D eigenvalue weighted by Crippen LogP contribution is 2.31. The minimum Gasteiger partial charge on any atom is -0.496 e. The molecule has 128 valence electrons. The molecule has 0 spiro atoms. The Morgan fingerprint density at radius 1 is 1.17 bits per heavy atom. The van der Waals surface area contributed by atoms with Gasteiger partial charge in [0, 0.05) is 35.3 Å². The van der Waals surface area contributed by atoms with Crippen molar-refractivity contribution < 1.29 is 24.2 Å². The molecule has 0 atom stereocenters. The maximum atomic E-state index is 12.1. The molecule has 3 N–H and O–H groups in total. The Bertz CT molecular complexity index is 559. The van der Waals surface area contributed by atoms with Crippen molar-refractivity contribution in [2.24, 2.45) is 0 Å². The first-order valence-electron chi connectivity index (χ1n) is 7.22. The fraction of sp³-hybridized carbons (Fsp3) is 0.500. The number of urea groups is 1. The Balaban J connectivity index is 2.79. The Labute approximate surface area is 136 Å². The van der Waals surface area contributed by atoms with Gasteiger partial charge >= 0.3 is 12.0 Å². The monoisotopic (exact) mass is 324 g/mol. The SMILES string of the molecule is COc1cc(NC(=O)NC(C)(C)CCC(=O)O)cc(OC)c1C. The van der Waals surface area contributed by atoms with E-state index >= 15 is 0 Å². The Morgan fingerprint density at radius 3 is 2.13 bits per heavy atom. The third kappa shape index (κ3) is 5.69. The summed E-state index contributed by atoms with van der Waals surface area (Å²) in [5, 5.41) is 14.2. The van der Waals surface area contributed by atoms with Crippen LogP contribution in [0.15, 0.2) is 12.1 Å². The molecular weight excluding hydrogens is 300 g/mol. The summed E-state index contributed by atoms with van der Waals surface area (Å²) in [6.45, 7) is 5.40. The number of anilines is 1. The van der Waals surface area contributed by atoms with Gasteiger partial charge in [-0.15, -0.1) is 0 Å². The lowest BCUT2D eigenvalue weighted by Crippen LogP contribution is -2.45. The first-order chi connectivity index (χ1) is 10.7. The lowest BCUT2D eigenvalue weighted by molar-refractivity contribution is -0.137. The molecule has 2 amide bonds. The second kappa shape index (κ2) is 7.71. The molecule has 0 fully saturated rings. The fourth-order valence-electron chi connectivity index (χ4n) is 2.11. The van der Waals surface area contributed by atoms with E-state index in [4.69, 9.17) is 14.6 Å². The van der Waals surface area contributed by atoms with Crippen molar-refractivity contribution >= 4 is 17.7 Å². The molecule has 0 heterocycles. The number of hydrogen-bond acceptors (Lipinski definition) is 4. The van der Waals surface area contributed by atoms with Crippen LogP contribution in [0.4, 0.5) is 10.5 Å². The molecule has 0 aromatic heterocycles. The summed E-state index contributed by atoms with van der Waals surface area (Å²) in [6, 6.07) is 2.97. The van der Waals surface area contributed by atoms with Crippen LogP contribution in [0.5, 0.6) is 11.5 Å². The Kier molecular flexibility index (Phi) is 6.24. The number of amides is 2. The van der Waals surface area contributed by atoms with Crippen LogP contribution >= 0.6 is 0 Å². The largest absolute Gasteiger partial charge is 0.496 e. The summed E-state index contributed by atoms with van der Waals surface area (Å²) in [4.78, 5) is 22.7. The van der Waals surface area contributed by atoms with Crippen molar-refractivity contribution in [3.63, 3.8) is 0 Å². The number of carboxylic acids is 1. The molecule has 0 unspecified atom stereocenters. The number of carbonyl (C=O) groups is 2. The van der Waals surface area contributed by atoms with Crippen LogP contribution in [0.1, 0.15) is 32.3 Å². The van der Waals surface area contributed by atoms with Gasteiger partial charge in [0.25, 0.3) is 0 Å². The van der Waals surface area contributed by atoms with Crippen LogP contribution in [0.25, 0.3) is 0 Å². The predicted molar refractivity (Wildman–Crippen MR) is 87.4 cm³/mol. The number of aliphatic carboxylic acids is 1. The van der Waals surface area contributed by atoms with E-state index in [0.717, 1.165) is 5.56 Å². The molecule has 0 bridgehead atoms. The quantitative estimate of drug-likeness (QED) is 0.716. The summed E-state index contributed by atoms with van der Waals surface area (Å²) in [7, 11) is 3.08. The lowest BCUT2D eigenvalue weighted by atomic mass is 9.99. The van der Waals surface area contributed by atoms with Crippen molar-refractivity contribution in [2.45, 2.75) is 39.2 Å². The van der Waals surface area contributed by atoms with Gasteiger partial charge in [0.05, 0.1) is 14.2 Å². The number of methoxy groups -OCH3 is 2. The van der Waals surface area contributed by atoms with E-state index < -0.39 is 17.5 Å². The highest BCUT2D eigenvalue weighted by molar-refractivity contribution is 5.90. The number of carbonyl (C=O) groups excluding carboxylic acids is 1. The van der Waals surface area contributed by atoms with E-state index in [1.54, 1.807) is 40.2 Å². The molecule has 0 aliphatic carbocycles. The van der Waals surface area contributed by atoms with Gasteiger partial charge in [-0.05, 0) is 27.2 Å². The van der Waals surface area contributed by atoms with Crippen molar-refractivity contribution in [2.75, 3.05) is 19.5 Å². The number of hydrogen-bond donors (Lipinski definition) is 3. The molecule has 1 aromatic carbocycles. The summed E-state index contributed by atoms with van der Waals surface area (Å²) >= 11 is 0. The molecule has 7 heteroatoms. The van der Waals surface area contributed by atoms with Crippen molar-refractivity contribution in [3.05, 3.63) is 17.7 Å². The molecule has 1 aromatic rings. The summed E-state index contributed by atoms with van der Waals surface area (Å²) in [5.41, 5.74) is 0.722. The minimum absolute atomic E-state index is 0.0144. The zero-order valence-electron chi connectivity index (χ0n) is 14.1. The zero-order chi connectivity index (χ0) is 17.6. The van der Waals surface area contributed by atoms with Crippen LogP contribution in [0, 0.1) is 6.92 Å². The molecule has 7 nitrogen and oxygen atoms in total. The van der Waals surface area contributed by atoms with E-state index in [2.05, 4.69) is 10.6 Å². The Hall–Kier alpha value is -2.44. The number of nitrogens with one attached hydrogen (secondary N) is 2. The molecule has 0 aliphatic rings. The summed E-state index contributed by atoms with van der Waals surface area (Å²) < 4.78 is 10.5. The van der Waals surface area contributed by atoms with Crippen LogP contribution in [-0.2, 0) is 4.79 Å². The van der Waals surface area contributed by atoms with Gasteiger partial charge < -0.3 is 25.2 Å². The van der Waals surface area contributed by atoms with E-state index in [1.165, 1.54) is 0 Å². The number of benzene rings is 1. The van der Waals surface area contributed by atoms with E-state index in [9.17, 15) is 9.59 Å². The third-order valence-electron chi connectivity index (χ3n) is 3.43. The summed E-state index contributed by atoms with van der Waals surface area (Å²) in [6.07, 6.45) is 0.315. The highest BCUT2D eigenvalue weighted by Gasteiger charge is 2.22. The van der Waals surface area contributed by atoms with Gasteiger partial charge in [0.1, 0.15) is 11.5 Å². The van der Waals surface area contributed by atoms with E-state index in [0.29, 0.717) is 23.6 Å². The Morgan fingerprint density at radius 2 is 1.70 bits per heavy atom. The number of rotatable bonds is 7. The van der Waals surface area contributed by atoms with Crippen LogP contribution in [0.2, 0.25) is 0 Å². The minimum atomic E-state index is -0.895. The smallest absolute Gasteiger partial charge is 0.319 e. The second-order valence-electron chi connectivity index (χ2n) is 5.86. The topological polar surface area (TPSA) is 96.9 Å². The normalized spacial score (nSPS) is 10.8. The van der Waals surface area contributed by atoms with Gasteiger partial charge in [0.15, 0.2) is 0 Å². The molecule has 1 rings (SSSR count). The number of carboxylic acid groups (broad SMARTS) is 1. The highest BCUT2D eigenvalue weighted by atomic mass is 16.5. The summed E-state index contributed by atoms with van der Waals surface area (Å²) in [5.74, 6) is 0.308. The standard InChI is InChI=1S/C16H24N2O5/c1-10-12(22-4)8-11(9-13(10)23-5)17-15(21)18-16(2,3)7-6-14(19)20/h8-9H,6-7H2,1-5H3,(H,19,20)(H2,17,18,21). The van der Waals surface area contributed by atoms with Gasteiger partial charge in [-0.3, -0.25) is 4.79 Å². The molecule has 0 saturated heterocycles. The van der Waals surface area contributed by atoms with Crippen molar-refractivity contribution in [1.29, 1.82) is 0 Å². The zero-order valence-corrected chi connectivity index (χ0v) is 14.1. The fourth-order valence-corrected chi connectivity index (χ4v) is 2.11. The van der Waals surface area contributed by atoms with Gasteiger partial charge in [-0.1, -0.05) is 0 Å². The first-order valence-corrected chi connectivity index (χ1v) is 7.22. The van der Waals surface area contributed by atoms with Gasteiger partial charge in [-0.25, -0.2) is 4.79 Å². The van der Waals surface area contributed by atoms with Crippen molar-refractivity contribution in [3.8, 4) is 11.5 Å². The van der Waals surface area contributed by atoms with Crippen LogP contribution in [0.3, 0.4) is 0 Å². The molecule has 0 aliphatic heterocycles. The van der Waals surface area contributed by atoms with Crippen LogP contribution in [-0.4, -0.2) is 36.9 Å². The molecule has 0 radical (unpaired) electrons. The number of ether oxygens (including phenoxy) is 2. The second-order valence-corrected chi connectivity index (χ2v) is 5.86. The van der Waals surface area contributed by atoms with Gasteiger partial charge in [-0.2, -0.15) is 0 Å². The average molecular weight is 324 g/mol. The lowest BCUT2D eigenvalue weighted by Gasteiger charge is -2.26. The van der Waals surface area contributed by atoms with Crippen LogP contribution < -0.4 is 20.1 Å². The van der Waals surface area contributed by atoms with E-state index in [-0.39, 0.29) is 6.42 Å². The maximum absolute atomic E-state index is 12.1. The molecule has 23 heavy (non-hydrogen) atoms. The van der Waals surface area contributed by atoms with E-state index in [1.807, 2.05) is 6.92 Å². The average Bonchev–Trinajstić information content (AvgIpc) is 2.46. The molecular formula is C16H24N2O5. The third-order valence-corrected chi connectivity index (χ3v) is 3.43. The van der Waals surface area contributed by atoms with Crippen molar-refractivity contribution in [1.82, 2.24) is 5.32 Å². The predicted octanol–water partition coefficient (Wildman–Crippen LogP) is 2.78.